The van der Waals surface area contributed by atoms with Crippen molar-refractivity contribution in [2.24, 2.45) is 5.92 Å². The van der Waals surface area contributed by atoms with E-state index in [1.807, 2.05) is 39.0 Å². The van der Waals surface area contributed by atoms with Crippen LogP contribution >= 0.6 is 11.3 Å². The van der Waals surface area contributed by atoms with Crippen LogP contribution in [0.2, 0.25) is 0 Å². The Morgan fingerprint density at radius 1 is 0.964 bits per heavy atom. The maximum atomic E-state index is 14.3. The van der Waals surface area contributed by atoms with Crippen molar-refractivity contribution >= 4 is 73.9 Å². The molecule has 2 saturated heterocycles. The van der Waals surface area contributed by atoms with Crippen LogP contribution in [0.1, 0.15) is 99.4 Å². The van der Waals surface area contributed by atoms with E-state index in [1.54, 1.807) is 62.8 Å². The van der Waals surface area contributed by atoms with Crippen molar-refractivity contribution in [2.75, 3.05) is 29.9 Å². The molecule has 2 aliphatic rings. The number of nitrogens with zero attached hydrogens (tertiary/aromatic N) is 7. The van der Waals surface area contributed by atoms with Gasteiger partial charge in [0.05, 0.1) is 39.0 Å². The Morgan fingerprint density at radius 2 is 1.66 bits per heavy atom. The van der Waals surface area contributed by atoms with Gasteiger partial charge in [-0.3, -0.25) is 14.4 Å². The van der Waals surface area contributed by atoms with E-state index in [1.165, 1.54) is 22.4 Å². The molecule has 1 unspecified atom stereocenters. The van der Waals surface area contributed by atoms with Crippen LogP contribution in [0.5, 0.6) is 0 Å². The molecule has 1 N–H and O–H groups in total. The highest BCUT2D eigenvalue weighted by Crippen LogP contribution is 2.35. The van der Waals surface area contributed by atoms with Gasteiger partial charge in [0.2, 0.25) is 5.91 Å². The number of rotatable bonds is 5. The first-order chi connectivity index (χ1) is 26.3. The molecule has 16 nitrogen and oxygen atoms in total. The Kier molecular flexibility index (Phi) is 11.4. The molecule has 17 heteroatoms. The number of hydrogen-bond acceptors (Lipinski definition) is 12. The van der Waals surface area contributed by atoms with Gasteiger partial charge < -0.3 is 29.3 Å². The molecule has 0 saturated carbocycles. The van der Waals surface area contributed by atoms with Gasteiger partial charge in [0.1, 0.15) is 22.9 Å². The van der Waals surface area contributed by atoms with Gasteiger partial charge in [0.15, 0.2) is 5.82 Å². The molecule has 6 rings (SSSR count). The van der Waals surface area contributed by atoms with Crippen molar-refractivity contribution in [3.63, 3.8) is 0 Å². The summed E-state index contributed by atoms with van der Waals surface area (Å²) in [7, 11) is 0. The fourth-order valence-electron chi connectivity index (χ4n) is 6.74. The zero-order valence-corrected chi connectivity index (χ0v) is 34.1. The molecule has 0 bridgehead atoms. The second kappa shape index (κ2) is 15.8. The van der Waals surface area contributed by atoms with Gasteiger partial charge in [-0.15, -0.1) is 11.3 Å². The highest BCUT2D eigenvalue weighted by Gasteiger charge is 2.41. The SMILES string of the molecule is CC(C)C(=O)N1C[C@H](c2ccc3scnc3c2)N(C(=O)C(=O)Nc2cnc(N(C(=O)OC(C)(C)C)C(=O)OC(C)(C)C)c3cn(C4CCCCO4)nc23)C[C@H]1C. The summed E-state index contributed by atoms with van der Waals surface area (Å²) in [6, 6.07) is 4.69. The topological polar surface area (TPSA) is 178 Å². The molecule has 0 spiro atoms. The molecule has 1 aromatic carbocycles. The van der Waals surface area contributed by atoms with Crippen LogP contribution in [-0.2, 0) is 28.6 Å². The summed E-state index contributed by atoms with van der Waals surface area (Å²) in [6.45, 7) is 16.3. The number of benzene rings is 1. The van der Waals surface area contributed by atoms with E-state index in [0.29, 0.717) is 17.9 Å². The normalized spacial score (nSPS) is 19.3. The largest absolute Gasteiger partial charge is 0.443 e. The van der Waals surface area contributed by atoms with E-state index in [2.05, 4.69) is 15.3 Å². The zero-order chi connectivity index (χ0) is 40.7. The number of carbonyl (C=O) groups excluding carboxylic acids is 5. The number of nitrogens with one attached hydrogen (secondary N) is 1. The number of thiazole rings is 1. The first-order valence-electron chi connectivity index (χ1n) is 18.8. The van der Waals surface area contributed by atoms with Gasteiger partial charge in [-0.05, 0) is 85.4 Å². The number of aromatic nitrogens is 4. The molecule has 3 atom stereocenters. The molecular weight excluding hydrogens is 741 g/mol. The number of pyridine rings is 1. The number of piperazine rings is 1. The summed E-state index contributed by atoms with van der Waals surface area (Å²) in [5, 5.41) is 7.66. The first kappa shape index (κ1) is 40.5. The van der Waals surface area contributed by atoms with Gasteiger partial charge in [0, 0.05) is 37.9 Å². The smallest absolute Gasteiger partial charge is 0.425 e. The highest BCUT2D eigenvalue weighted by molar-refractivity contribution is 7.16. The minimum atomic E-state index is -1.03. The monoisotopic (exact) mass is 790 g/mol. The molecule has 0 radical (unpaired) electrons. The van der Waals surface area contributed by atoms with Gasteiger partial charge in [-0.1, -0.05) is 19.9 Å². The van der Waals surface area contributed by atoms with Crippen LogP contribution in [0.3, 0.4) is 0 Å². The van der Waals surface area contributed by atoms with Crippen LogP contribution in [0.15, 0.2) is 36.1 Å². The maximum Gasteiger partial charge on any atom is 0.425 e. The minimum absolute atomic E-state index is 0.0494. The third-order valence-electron chi connectivity index (χ3n) is 9.32. The molecule has 5 heterocycles. The van der Waals surface area contributed by atoms with E-state index in [-0.39, 0.29) is 53.4 Å². The predicted octanol–water partition coefficient (Wildman–Crippen LogP) is 6.81. The summed E-state index contributed by atoms with van der Waals surface area (Å²) >= 11 is 1.49. The Labute approximate surface area is 329 Å². The molecule has 2 fully saturated rings. The number of amides is 5. The standard InChI is InChI=1S/C39H50N8O8S/c1-22(2)34(49)44-20-28(24-13-14-29-26(16-24)41-21-56-29)45(18-23(44)3)35(50)33(48)42-27-17-40-32(25-19-46(43-31(25)27)30-12-10-11-15-53-30)47(36(51)54-38(4,5)6)37(52)55-39(7,8)9/h13-14,16-17,19,21-23,28,30H,10-12,15,18,20H2,1-9H3,(H,42,48)/t23-,28-,30?/m1/s1. The Bertz CT molecular complexity index is 2120. The van der Waals surface area contributed by atoms with E-state index in [4.69, 9.17) is 19.3 Å². The molecule has 4 aromatic rings. The molecule has 2 aliphatic heterocycles. The number of fused-ring (bicyclic) bond motifs is 2. The van der Waals surface area contributed by atoms with Gasteiger partial charge >= 0.3 is 24.0 Å². The molecule has 3 aromatic heterocycles. The van der Waals surface area contributed by atoms with Crippen molar-refractivity contribution in [1.29, 1.82) is 0 Å². The molecule has 0 aliphatic carbocycles. The van der Waals surface area contributed by atoms with Crippen molar-refractivity contribution in [2.45, 2.75) is 111 Å². The second-order valence-electron chi connectivity index (χ2n) is 16.5. The van der Waals surface area contributed by atoms with Gasteiger partial charge in [-0.2, -0.15) is 10.00 Å². The second-order valence-corrected chi connectivity index (χ2v) is 17.4. The molecule has 5 amide bonds. The summed E-state index contributed by atoms with van der Waals surface area (Å²) in [5.74, 6) is -2.24. The van der Waals surface area contributed by atoms with Gasteiger partial charge in [0.25, 0.3) is 0 Å². The van der Waals surface area contributed by atoms with Gasteiger partial charge in [-0.25, -0.2) is 24.2 Å². The predicted molar refractivity (Wildman–Crippen MR) is 210 cm³/mol. The lowest BCUT2D eigenvalue weighted by molar-refractivity contribution is -0.152. The van der Waals surface area contributed by atoms with Crippen LogP contribution in [0.4, 0.5) is 21.1 Å². The fraction of sp³-hybridized carbons (Fsp3) is 0.538. The fourth-order valence-corrected chi connectivity index (χ4v) is 7.39. The average molecular weight is 791 g/mol. The van der Waals surface area contributed by atoms with E-state index < -0.39 is 47.5 Å². The van der Waals surface area contributed by atoms with Crippen LogP contribution in [-0.4, -0.2) is 96.4 Å². The van der Waals surface area contributed by atoms with E-state index >= 15 is 0 Å². The third-order valence-corrected chi connectivity index (χ3v) is 10.1. The molecule has 56 heavy (non-hydrogen) atoms. The zero-order valence-electron chi connectivity index (χ0n) is 33.3. The van der Waals surface area contributed by atoms with E-state index in [9.17, 15) is 24.0 Å². The maximum absolute atomic E-state index is 14.3. The highest BCUT2D eigenvalue weighted by atomic mass is 32.1. The quantitative estimate of drug-likeness (QED) is 0.210. The van der Waals surface area contributed by atoms with Crippen molar-refractivity contribution in [3.8, 4) is 0 Å². The Balaban J connectivity index is 1.38. The number of hydrogen-bond donors (Lipinski definition) is 1. The summed E-state index contributed by atoms with van der Waals surface area (Å²) in [6.07, 6.45) is 2.72. The van der Waals surface area contributed by atoms with Crippen molar-refractivity contribution in [3.05, 3.63) is 41.7 Å². The lowest BCUT2D eigenvalue weighted by Crippen LogP contribution is -2.59. The molecular formula is C39H50N8O8S. The molecule has 300 valence electrons. The van der Waals surface area contributed by atoms with Crippen LogP contribution < -0.4 is 10.2 Å². The average Bonchev–Trinajstić information content (AvgIpc) is 3.79. The number of anilines is 2. The Morgan fingerprint density at radius 3 is 2.29 bits per heavy atom. The van der Waals surface area contributed by atoms with Crippen molar-refractivity contribution < 1.29 is 38.2 Å². The summed E-state index contributed by atoms with van der Waals surface area (Å²) in [4.78, 5) is 81.8. The summed E-state index contributed by atoms with van der Waals surface area (Å²) in [5.41, 5.74) is 1.49. The summed E-state index contributed by atoms with van der Waals surface area (Å²) < 4.78 is 19.7. The van der Waals surface area contributed by atoms with Crippen LogP contribution in [0, 0.1) is 5.92 Å². The minimum Gasteiger partial charge on any atom is -0.443 e. The lowest BCUT2D eigenvalue weighted by Gasteiger charge is -2.45. The van der Waals surface area contributed by atoms with E-state index in [0.717, 1.165) is 28.6 Å². The Hall–Kier alpha value is -5.16. The van der Waals surface area contributed by atoms with Crippen LogP contribution in [0.25, 0.3) is 21.1 Å². The number of imide groups is 1. The third kappa shape index (κ3) is 8.78. The first-order valence-corrected chi connectivity index (χ1v) is 19.7. The lowest BCUT2D eigenvalue weighted by atomic mass is 9.97. The number of carbonyl (C=O) groups is 5. The number of ether oxygens (including phenoxy) is 3. The van der Waals surface area contributed by atoms with Crippen molar-refractivity contribution in [1.82, 2.24) is 29.5 Å².